The van der Waals surface area contributed by atoms with Crippen LogP contribution in [0.1, 0.15) is 10.4 Å². The first-order valence-electron chi connectivity index (χ1n) is 8.92. The van der Waals surface area contributed by atoms with Gasteiger partial charge in [-0.25, -0.2) is 13.4 Å². The molecule has 0 saturated carbocycles. The summed E-state index contributed by atoms with van der Waals surface area (Å²) in [5, 5.41) is 3.19. The summed E-state index contributed by atoms with van der Waals surface area (Å²) in [6.07, 6.45) is 0. The van der Waals surface area contributed by atoms with Crippen molar-refractivity contribution in [1.82, 2.24) is 9.29 Å². The number of sulfonamides is 1. The number of hydrogen-bond donors (Lipinski definition) is 1. The minimum absolute atomic E-state index is 0.0427. The Labute approximate surface area is 172 Å². The molecule has 4 rings (SSSR count). The second kappa shape index (κ2) is 8.07. The zero-order chi connectivity index (χ0) is 20.4. The van der Waals surface area contributed by atoms with Gasteiger partial charge in [-0.15, -0.1) is 0 Å². The number of nitrogens with one attached hydrogen (secondary N) is 1. The van der Waals surface area contributed by atoms with Gasteiger partial charge < -0.3 is 9.47 Å². The van der Waals surface area contributed by atoms with Gasteiger partial charge in [0, 0.05) is 18.7 Å². The van der Waals surface area contributed by atoms with Gasteiger partial charge >= 0.3 is 0 Å². The summed E-state index contributed by atoms with van der Waals surface area (Å²) < 4.78 is 38.9. The smallest absolute Gasteiger partial charge is 0.257 e. The van der Waals surface area contributed by atoms with Gasteiger partial charge in [-0.05, 0) is 30.3 Å². The van der Waals surface area contributed by atoms with Crippen molar-refractivity contribution in [2.45, 2.75) is 4.90 Å². The van der Waals surface area contributed by atoms with E-state index < -0.39 is 15.9 Å². The predicted molar refractivity (Wildman–Crippen MR) is 110 cm³/mol. The Kier molecular flexibility index (Phi) is 5.50. The lowest BCUT2D eigenvalue weighted by Gasteiger charge is -2.26. The molecule has 2 heterocycles. The summed E-state index contributed by atoms with van der Waals surface area (Å²) in [7, 11) is -2.42. The fraction of sp³-hybridized carbons (Fsp3) is 0.263. The monoisotopic (exact) mass is 433 g/mol. The number of thiazole rings is 1. The van der Waals surface area contributed by atoms with Crippen LogP contribution in [0.2, 0.25) is 0 Å². The molecule has 1 aliphatic heterocycles. The molecule has 0 spiro atoms. The van der Waals surface area contributed by atoms with Gasteiger partial charge in [0.05, 0.1) is 30.5 Å². The number of fused-ring (bicyclic) bond motifs is 1. The van der Waals surface area contributed by atoms with Crippen molar-refractivity contribution in [3.05, 3.63) is 48.0 Å². The average Bonchev–Trinajstić information content (AvgIpc) is 3.16. The Morgan fingerprint density at radius 1 is 1.21 bits per heavy atom. The van der Waals surface area contributed by atoms with Gasteiger partial charge in [-0.1, -0.05) is 23.5 Å². The van der Waals surface area contributed by atoms with Crippen LogP contribution in [0, 0.1) is 0 Å². The quantitative estimate of drug-likeness (QED) is 0.664. The Morgan fingerprint density at radius 3 is 2.69 bits per heavy atom. The second-order valence-electron chi connectivity index (χ2n) is 6.32. The SMILES string of the molecule is COc1ccc(C(=O)Nc2nc3ccccc3s2)cc1S(=O)(=O)N1CCOCC1. The summed E-state index contributed by atoms with van der Waals surface area (Å²) in [6, 6.07) is 11.9. The van der Waals surface area contributed by atoms with Gasteiger partial charge in [-0.3, -0.25) is 10.1 Å². The maximum Gasteiger partial charge on any atom is 0.257 e. The molecule has 1 fully saturated rings. The van der Waals surface area contributed by atoms with Crippen molar-refractivity contribution in [3.8, 4) is 5.75 Å². The molecule has 8 nitrogen and oxygen atoms in total. The Balaban J connectivity index is 1.64. The first-order chi connectivity index (χ1) is 14.0. The molecule has 1 aliphatic rings. The van der Waals surface area contributed by atoms with Crippen molar-refractivity contribution in [1.29, 1.82) is 0 Å². The standard InChI is InChI=1S/C19H19N3O5S2/c1-26-15-7-6-13(12-17(15)29(24,25)22-8-10-27-11-9-22)18(23)21-19-20-14-4-2-3-5-16(14)28-19/h2-7,12H,8-11H2,1H3,(H,20,21,23). The maximum atomic E-state index is 13.1. The Hall–Kier alpha value is -2.53. The van der Waals surface area contributed by atoms with E-state index >= 15 is 0 Å². The lowest BCUT2D eigenvalue weighted by atomic mass is 10.2. The van der Waals surface area contributed by atoms with E-state index in [-0.39, 0.29) is 29.3 Å². The molecule has 3 aromatic rings. The molecule has 1 saturated heterocycles. The van der Waals surface area contributed by atoms with Crippen molar-refractivity contribution >= 4 is 42.6 Å². The number of rotatable bonds is 5. The van der Waals surface area contributed by atoms with Gasteiger partial charge in [-0.2, -0.15) is 4.31 Å². The highest BCUT2D eigenvalue weighted by atomic mass is 32.2. The van der Waals surface area contributed by atoms with Crippen molar-refractivity contribution < 1.29 is 22.7 Å². The second-order valence-corrected chi connectivity index (χ2v) is 9.26. The summed E-state index contributed by atoms with van der Waals surface area (Å²) in [5.41, 5.74) is 0.995. The van der Waals surface area contributed by atoms with Crippen LogP contribution in [0.5, 0.6) is 5.75 Å². The predicted octanol–water partition coefficient (Wildman–Crippen LogP) is 2.58. The number of ether oxygens (including phenoxy) is 2. The first kappa shape index (κ1) is 19.8. The molecule has 2 aromatic carbocycles. The average molecular weight is 434 g/mol. The van der Waals surface area contributed by atoms with E-state index in [1.54, 1.807) is 0 Å². The molecule has 0 aliphatic carbocycles. The summed E-state index contributed by atoms with van der Waals surface area (Å²) in [6.45, 7) is 1.18. The highest BCUT2D eigenvalue weighted by Crippen LogP contribution is 2.30. The third-order valence-corrected chi connectivity index (χ3v) is 7.40. The van der Waals surface area contributed by atoms with Crippen LogP contribution in [-0.4, -0.2) is 57.0 Å². The number of benzene rings is 2. The minimum atomic E-state index is -3.82. The van der Waals surface area contributed by atoms with Crippen LogP contribution in [0.3, 0.4) is 0 Å². The van der Waals surface area contributed by atoms with E-state index in [4.69, 9.17) is 9.47 Å². The largest absolute Gasteiger partial charge is 0.495 e. The number of carbonyl (C=O) groups excluding carboxylic acids is 1. The molecule has 0 atom stereocenters. The zero-order valence-electron chi connectivity index (χ0n) is 15.6. The molecule has 1 aromatic heterocycles. The molecule has 1 amide bonds. The third kappa shape index (κ3) is 3.97. The van der Waals surface area contributed by atoms with Crippen LogP contribution in [0.25, 0.3) is 10.2 Å². The van der Waals surface area contributed by atoms with Crippen molar-refractivity contribution in [3.63, 3.8) is 0 Å². The van der Waals surface area contributed by atoms with Gasteiger partial charge in [0.25, 0.3) is 5.91 Å². The number of methoxy groups -OCH3 is 1. The number of para-hydroxylation sites is 1. The molecule has 152 valence electrons. The summed E-state index contributed by atoms with van der Waals surface area (Å²) >= 11 is 1.35. The molecular weight excluding hydrogens is 414 g/mol. The van der Waals surface area contributed by atoms with E-state index in [0.29, 0.717) is 18.3 Å². The highest BCUT2D eigenvalue weighted by Gasteiger charge is 2.30. The molecule has 0 radical (unpaired) electrons. The van der Waals surface area contributed by atoms with Gasteiger partial charge in [0.1, 0.15) is 10.6 Å². The number of hydrogen-bond acceptors (Lipinski definition) is 7. The Morgan fingerprint density at radius 2 is 1.97 bits per heavy atom. The van der Waals surface area contributed by atoms with Crippen LogP contribution in [-0.2, 0) is 14.8 Å². The Bertz CT molecular complexity index is 1120. The molecule has 29 heavy (non-hydrogen) atoms. The maximum absolute atomic E-state index is 13.1. The molecule has 10 heteroatoms. The fourth-order valence-corrected chi connectivity index (χ4v) is 5.49. The molecule has 0 unspecified atom stereocenters. The molecule has 1 N–H and O–H groups in total. The highest BCUT2D eigenvalue weighted by molar-refractivity contribution is 7.89. The number of morpholine rings is 1. The van der Waals surface area contributed by atoms with Crippen molar-refractivity contribution in [2.24, 2.45) is 0 Å². The number of aromatic nitrogens is 1. The van der Waals surface area contributed by atoms with E-state index in [2.05, 4.69) is 10.3 Å². The molecule has 0 bridgehead atoms. The minimum Gasteiger partial charge on any atom is -0.495 e. The van der Waals surface area contributed by atoms with Crippen LogP contribution >= 0.6 is 11.3 Å². The van der Waals surface area contributed by atoms with E-state index in [1.165, 1.54) is 41.0 Å². The number of nitrogens with zero attached hydrogens (tertiary/aromatic N) is 2. The lowest BCUT2D eigenvalue weighted by molar-refractivity contribution is 0.0729. The van der Waals surface area contributed by atoms with E-state index in [0.717, 1.165) is 10.2 Å². The van der Waals surface area contributed by atoms with Crippen LogP contribution < -0.4 is 10.1 Å². The first-order valence-corrected chi connectivity index (χ1v) is 11.2. The van der Waals surface area contributed by atoms with Crippen LogP contribution in [0.15, 0.2) is 47.4 Å². The fourth-order valence-electron chi connectivity index (χ4n) is 3.04. The summed E-state index contributed by atoms with van der Waals surface area (Å²) in [4.78, 5) is 17.1. The summed E-state index contributed by atoms with van der Waals surface area (Å²) in [5.74, 6) is -0.252. The van der Waals surface area contributed by atoms with Crippen LogP contribution in [0.4, 0.5) is 5.13 Å². The van der Waals surface area contributed by atoms with E-state index in [9.17, 15) is 13.2 Å². The third-order valence-electron chi connectivity index (χ3n) is 4.53. The normalized spacial score (nSPS) is 15.3. The topological polar surface area (TPSA) is 97.8 Å². The number of amides is 1. The molecular formula is C19H19N3O5S2. The van der Waals surface area contributed by atoms with E-state index in [1.807, 2.05) is 24.3 Å². The lowest BCUT2D eigenvalue weighted by Crippen LogP contribution is -2.40. The van der Waals surface area contributed by atoms with Gasteiger partial charge in [0.2, 0.25) is 10.0 Å². The number of carbonyl (C=O) groups is 1. The number of anilines is 1. The van der Waals surface area contributed by atoms with Gasteiger partial charge in [0.15, 0.2) is 5.13 Å². The van der Waals surface area contributed by atoms with Crippen molar-refractivity contribution in [2.75, 3.05) is 38.7 Å². The zero-order valence-corrected chi connectivity index (χ0v) is 17.3.